The average molecular weight is 296 g/mol. The summed E-state index contributed by atoms with van der Waals surface area (Å²) in [5.74, 6) is 0.804. The van der Waals surface area contributed by atoms with Gasteiger partial charge >= 0.3 is 0 Å². The monoisotopic (exact) mass is 296 g/mol. The van der Waals surface area contributed by atoms with E-state index in [1.807, 2.05) is 0 Å². The summed E-state index contributed by atoms with van der Waals surface area (Å²) in [7, 11) is 0. The summed E-state index contributed by atoms with van der Waals surface area (Å²) < 4.78 is 6.79. The zero-order chi connectivity index (χ0) is 14.6. The fourth-order valence-electron chi connectivity index (χ4n) is 2.73. The molecule has 0 bridgehead atoms. The van der Waals surface area contributed by atoms with Crippen molar-refractivity contribution in [2.75, 3.05) is 12.3 Å². The highest BCUT2D eigenvalue weighted by atomic mass is 32.2. The van der Waals surface area contributed by atoms with E-state index in [1.54, 1.807) is 0 Å². The van der Waals surface area contributed by atoms with Crippen molar-refractivity contribution in [2.45, 2.75) is 39.0 Å². The fraction of sp³-hybridized carbons (Fsp3) is 0.533. The van der Waals surface area contributed by atoms with Crippen LogP contribution < -0.4 is 0 Å². The Hall–Kier alpha value is -0.880. The van der Waals surface area contributed by atoms with Gasteiger partial charge in [0.1, 0.15) is 6.54 Å². The van der Waals surface area contributed by atoms with Gasteiger partial charge in [-0.1, -0.05) is 23.2 Å². The molecular weight excluding hydrogens is 274 g/mol. The summed E-state index contributed by atoms with van der Waals surface area (Å²) in [5.41, 5.74) is 4.25. The molecule has 1 aromatic rings. The maximum Gasteiger partial charge on any atom is 0.209 e. The van der Waals surface area contributed by atoms with Crippen LogP contribution in [0.3, 0.4) is 0 Å². The highest BCUT2D eigenvalue weighted by Crippen LogP contribution is 2.39. The Balaban J connectivity index is 1.99. The molecule has 0 saturated heterocycles. The first-order valence-electron chi connectivity index (χ1n) is 6.90. The molecule has 1 aliphatic heterocycles. The number of benzene rings is 1. The zero-order valence-electron chi connectivity index (χ0n) is 12.3. The van der Waals surface area contributed by atoms with Gasteiger partial charge in [-0.25, -0.2) is 5.26 Å². The second kappa shape index (κ2) is 6.72. The first-order valence-corrected chi connectivity index (χ1v) is 7.81. The Morgan fingerprint density at radius 2 is 2.00 bits per heavy atom. The Morgan fingerprint density at radius 1 is 1.25 bits per heavy atom. The molecule has 0 amide bonds. The van der Waals surface area contributed by atoms with Crippen LogP contribution in [0.5, 0.6) is 0 Å². The number of fused-ring (bicyclic) bond motifs is 1. The third kappa shape index (κ3) is 3.06. The lowest BCUT2D eigenvalue weighted by Gasteiger charge is -2.14. The predicted molar refractivity (Wildman–Crippen MR) is 81.4 cm³/mol. The van der Waals surface area contributed by atoms with Crippen LogP contribution in [0.4, 0.5) is 5.69 Å². The van der Waals surface area contributed by atoms with Gasteiger partial charge in [-0.2, -0.15) is 4.58 Å². The van der Waals surface area contributed by atoms with Gasteiger partial charge < -0.3 is 0 Å². The quantitative estimate of drug-likeness (QED) is 0.272. The second-order valence-corrected chi connectivity index (χ2v) is 6.33. The van der Waals surface area contributed by atoms with E-state index in [2.05, 4.69) is 59.0 Å². The first kappa shape index (κ1) is 15.5. The molecule has 0 spiro atoms. The lowest BCUT2D eigenvalue weighted by atomic mass is 9.82. The number of para-hydroxylation sites is 1. The maximum absolute atomic E-state index is 8.04. The third-order valence-electron chi connectivity index (χ3n) is 4.12. The molecule has 0 aliphatic carbocycles. The van der Waals surface area contributed by atoms with Crippen molar-refractivity contribution in [3.8, 4) is 0 Å². The van der Waals surface area contributed by atoms with Crippen LogP contribution >= 0.6 is 12.0 Å². The van der Waals surface area contributed by atoms with Gasteiger partial charge in [0.2, 0.25) is 5.69 Å². The van der Waals surface area contributed by atoms with Crippen molar-refractivity contribution in [1.82, 2.24) is 0 Å². The molecule has 0 atom stereocenters. The van der Waals surface area contributed by atoms with Crippen LogP contribution in [-0.4, -0.2) is 27.8 Å². The number of hydrogen-bond donors (Lipinski definition) is 1. The van der Waals surface area contributed by atoms with Gasteiger partial charge in [-0.3, -0.25) is 0 Å². The van der Waals surface area contributed by atoms with Crippen LogP contribution in [0.25, 0.3) is 0 Å². The van der Waals surface area contributed by atoms with E-state index in [0.29, 0.717) is 0 Å². The zero-order valence-corrected chi connectivity index (χ0v) is 13.1. The largest absolute Gasteiger partial charge is 0.220 e. The molecule has 0 saturated carbocycles. The van der Waals surface area contributed by atoms with Crippen molar-refractivity contribution in [2.24, 2.45) is 0 Å². The van der Waals surface area contributed by atoms with E-state index in [-0.39, 0.29) is 5.41 Å². The topological polar surface area (TPSA) is 41.7 Å². The molecule has 1 N–H and O–H groups in total. The van der Waals surface area contributed by atoms with Crippen molar-refractivity contribution in [1.29, 1.82) is 0 Å². The van der Waals surface area contributed by atoms with Crippen molar-refractivity contribution in [3.63, 3.8) is 0 Å². The Kier molecular flexibility index (Phi) is 5.21. The molecule has 0 aromatic heterocycles. The van der Waals surface area contributed by atoms with Crippen molar-refractivity contribution >= 4 is 23.4 Å². The van der Waals surface area contributed by atoms with Gasteiger partial charge in [0.05, 0.1) is 5.41 Å². The van der Waals surface area contributed by atoms with E-state index < -0.39 is 0 Å². The van der Waals surface area contributed by atoms with Gasteiger partial charge in [-0.15, -0.1) is 4.33 Å². The normalized spacial score (nSPS) is 16.6. The summed E-state index contributed by atoms with van der Waals surface area (Å²) >= 11 is 1.12. The van der Waals surface area contributed by atoms with Crippen molar-refractivity contribution < 1.29 is 19.2 Å². The van der Waals surface area contributed by atoms with Crippen LogP contribution in [0.15, 0.2) is 24.3 Å². The highest BCUT2D eigenvalue weighted by molar-refractivity contribution is 7.94. The van der Waals surface area contributed by atoms with Crippen LogP contribution in [0.1, 0.15) is 39.2 Å². The number of hydrogen-bond acceptors (Lipinski definition) is 4. The summed E-state index contributed by atoms with van der Waals surface area (Å²) in [5, 5.41) is 11.6. The molecule has 0 unspecified atom stereocenters. The molecule has 5 heteroatoms. The van der Waals surface area contributed by atoms with Gasteiger partial charge in [0.15, 0.2) is 5.71 Å². The van der Waals surface area contributed by atoms with Gasteiger partial charge in [0.25, 0.3) is 0 Å². The van der Waals surface area contributed by atoms with E-state index in [0.717, 1.165) is 37.2 Å². The van der Waals surface area contributed by atoms with E-state index >= 15 is 0 Å². The highest BCUT2D eigenvalue weighted by Gasteiger charge is 2.42. The van der Waals surface area contributed by atoms with Crippen molar-refractivity contribution in [3.05, 3.63) is 29.8 Å². The first-order chi connectivity index (χ1) is 9.59. The summed E-state index contributed by atoms with van der Waals surface area (Å²) in [4.78, 5) is 0. The Bertz CT molecular complexity index is 500. The van der Waals surface area contributed by atoms with Crippen LogP contribution in [-0.2, 0) is 14.8 Å². The SMILES string of the molecule is CC1=[N+](CCCCSOOO)c2ccccc2C1(C)C. The van der Waals surface area contributed by atoms with E-state index in [4.69, 9.17) is 5.26 Å². The molecule has 0 fully saturated rings. The second-order valence-electron chi connectivity index (χ2n) is 5.55. The number of rotatable bonds is 7. The minimum Gasteiger partial charge on any atom is -0.220 e. The predicted octanol–water partition coefficient (Wildman–Crippen LogP) is 3.93. The Labute approximate surface area is 124 Å². The number of unbranched alkanes of at least 4 members (excludes halogenated alkanes) is 1. The molecule has 110 valence electrons. The van der Waals surface area contributed by atoms with Crippen LogP contribution in [0.2, 0.25) is 0 Å². The molecule has 20 heavy (non-hydrogen) atoms. The molecule has 1 heterocycles. The lowest BCUT2D eigenvalue weighted by molar-refractivity contribution is -0.439. The van der Waals surface area contributed by atoms with E-state index in [1.165, 1.54) is 17.0 Å². The third-order valence-corrected chi connectivity index (χ3v) is 4.73. The molecule has 1 aliphatic rings. The maximum atomic E-state index is 8.04. The number of nitrogens with zero attached hydrogens (tertiary/aromatic N) is 1. The molecule has 2 rings (SSSR count). The average Bonchev–Trinajstić information content (AvgIpc) is 2.64. The van der Waals surface area contributed by atoms with E-state index in [9.17, 15) is 0 Å². The molecule has 4 nitrogen and oxygen atoms in total. The molecule has 1 aromatic carbocycles. The lowest BCUT2D eigenvalue weighted by Crippen LogP contribution is -2.26. The smallest absolute Gasteiger partial charge is 0.209 e. The molecular formula is C15H22NO3S+. The minimum absolute atomic E-state index is 0.110. The summed E-state index contributed by atoms with van der Waals surface area (Å²) in [6.07, 6.45) is 2.09. The summed E-state index contributed by atoms with van der Waals surface area (Å²) in [6.45, 7) is 7.79. The summed E-state index contributed by atoms with van der Waals surface area (Å²) in [6, 6.07) is 8.63. The molecule has 0 radical (unpaired) electrons. The Morgan fingerprint density at radius 3 is 2.75 bits per heavy atom. The van der Waals surface area contributed by atoms with Gasteiger partial charge in [-0.05, 0) is 20.3 Å². The van der Waals surface area contributed by atoms with Crippen LogP contribution in [0, 0.1) is 0 Å². The standard InChI is InChI=1S/C15H21NO3S/c1-12-15(2,3)13-8-4-5-9-14(13)16(12)10-6-7-11-20-19-18-17/h4-5,8-9H,6-7,10-11H2,1-3H3/p+1. The fourth-order valence-corrected chi connectivity index (χ4v) is 3.16. The minimum atomic E-state index is 0.110. The van der Waals surface area contributed by atoms with Gasteiger partial charge in [0, 0.05) is 42.8 Å².